The van der Waals surface area contributed by atoms with Gasteiger partial charge < -0.3 is 19.1 Å². The van der Waals surface area contributed by atoms with Gasteiger partial charge in [-0.15, -0.1) is 0 Å². The minimum absolute atomic E-state index is 0.102. The highest BCUT2D eigenvalue weighted by molar-refractivity contribution is 6.46. The Hall–Kier alpha value is -3.32. The highest BCUT2D eigenvalue weighted by Gasteiger charge is 2.44. The van der Waals surface area contributed by atoms with E-state index in [0.717, 1.165) is 0 Å². The van der Waals surface area contributed by atoms with Crippen molar-refractivity contribution in [1.29, 1.82) is 0 Å². The fourth-order valence-corrected chi connectivity index (χ4v) is 3.91. The Morgan fingerprint density at radius 3 is 2.23 bits per heavy atom. The average molecular weight is 422 g/mol. The van der Waals surface area contributed by atoms with E-state index >= 15 is 0 Å². The first-order chi connectivity index (χ1) is 15.0. The zero-order valence-electron chi connectivity index (χ0n) is 18.0. The number of anilines is 1. The minimum Gasteiger partial charge on any atom is -0.496 e. The summed E-state index contributed by atoms with van der Waals surface area (Å²) in [5.74, 6) is 0.267. The van der Waals surface area contributed by atoms with Gasteiger partial charge >= 0.3 is 0 Å². The summed E-state index contributed by atoms with van der Waals surface area (Å²) in [4.78, 5) is 30.6. The monoisotopic (exact) mass is 422 g/mol. The largest absolute Gasteiger partial charge is 0.496 e. The Kier molecular flexibility index (Phi) is 5.95. The molecule has 2 aliphatic heterocycles. The second kappa shape index (κ2) is 8.81. The van der Waals surface area contributed by atoms with Crippen molar-refractivity contribution in [2.24, 2.45) is 0 Å². The van der Waals surface area contributed by atoms with Crippen LogP contribution in [0.5, 0.6) is 11.5 Å². The number of hydrogen-bond donors (Lipinski definition) is 0. The van der Waals surface area contributed by atoms with Crippen molar-refractivity contribution < 1.29 is 23.8 Å². The van der Waals surface area contributed by atoms with Crippen molar-refractivity contribution in [3.8, 4) is 11.5 Å². The predicted octanol–water partition coefficient (Wildman–Crippen LogP) is 3.10. The molecule has 162 valence electrons. The lowest BCUT2D eigenvalue weighted by Crippen LogP contribution is -2.40. The molecule has 0 atom stereocenters. The van der Waals surface area contributed by atoms with E-state index in [-0.39, 0.29) is 12.0 Å². The van der Waals surface area contributed by atoms with Crippen molar-refractivity contribution in [1.82, 2.24) is 4.90 Å². The lowest BCUT2D eigenvalue weighted by atomic mass is 10.0. The number of amides is 2. The maximum absolute atomic E-state index is 13.8. The van der Waals surface area contributed by atoms with Crippen LogP contribution in [-0.4, -0.2) is 56.2 Å². The van der Waals surface area contributed by atoms with Gasteiger partial charge in [0.25, 0.3) is 11.8 Å². The van der Waals surface area contributed by atoms with Gasteiger partial charge in [0.05, 0.1) is 37.7 Å². The molecule has 1 saturated heterocycles. The number of rotatable bonds is 6. The van der Waals surface area contributed by atoms with Gasteiger partial charge in [0, 0.05) is 18.7 Å². The van der Waals surface area contributed by atoms with Crippen LogP contribution in [0.4, 0.5) is 5.69 Å². The maximum atomic E-state index is 13.8. The van der Waals surface area contributed by atoms with Gasteiger partial charge in [0.15, 0.2) is 0 Å². The van der Waals surface area contributed by atoms with E-state index in [4.69, 9.17) is 14.2 Å². The summed E-state index contributed by atoms with van der Waals surface area (Å²) in [5.41, 5.74) is 1.73. The van der Waals surface area contributed by atoms with E-state index in [9.17, 15) is 9.59 Å². The van der Waals surface area contributed by atoms with Crippen LogP contribution in [0.2, 0.25) is 0 Å². The number of hydrogen-bond acceptors (Lipinski definition) is 6. The summed E-state index contributed by atoms with van der Waals surface area (Å²) >= 11 is 0. The number of carbonyl (C=O) groups is 2. The highest BCUT2D eigenvalue weighted by atomic mass is 16.5. The SMILES string of the molecule is COc1ccccc1C1=C(N2CCOCC2)C(=O)N(c2ccccc2OC(C)C)C1=O. The van der Waals surface area contributed by atoms with E-state index in [1.807, 2.05) is 36.9 Å². The van der Waals surface area contributed by atoms with E-state index in [2.05, 4.69) is 0 Å². The van der Waals surface area contributed by atoms with E-state index < -0.39 is 5.91 Å². The van der Waals surface area contributed by atoms with Gasteiger partial charge in [-0.2, -0.15) is 0 Å². The molecule has 2 aromatic rings. The van der Waals surface area contributed by atoms with E-state index in [0.29, 0.717) is 60.3 Å². The molecule has 0 bridgehead atoms. The van der Waals surface area contributed by atoms with Gasteiger partial charge in [0.2, 0.25) is 0 Å². The van der Waals surface area contributed by atoms with Crippen LogP contribution in [0.1, 0.15) is 19.4 Å². The molecule has 0 unspecified atom stereocenters. The van der Waals surface area contributed by atoms with Crippen molar-refractivity contribution in [2.45, 2.75) is 20.0 Å². The lowest BCUT2D eigenvalue weighted by Gasteiger charge is -2.30. The number of nitrogens with zero attached hydrogens (tertiary/aromatic N) is 2. The van der Waals surface area contributed by atoms with Crippen molar-refractivity contribution in [2.75, 3.05) is 38.3 Å². The zero-order valence-corrected chi connectivity index (χ0v) is 18.0. The molecule has 0 N–H and O–H groups in total. The quantitative estimate of drug-likeness (QED) is 0.667. The molecule has 0 aliphatic carbocycles. The molecule has 2 amide bonds. The Morgan fingerprint density at radius 1 is 0.903 bits per heavy atom. The molecule has 1 fully saturated rings. The lowest BCUT2D eigenvalue weighted by molar-refractivity contribution is -0.121. The first-order valence-corrected chi connectivity index (χ1v) is 10.4. The molecule has 2 aliphatic rings. The van der Waals surface area contributed by atoms with Crippen LogP contribution in [0, 0.1) is 0 Å². The molecule has 7 heteroatoms. The summed E-state index contributed by atoms with van der Waals surface area (Å²) in [7, 11) is 1.55. The first kappa shape index (κ1) is 20.9. The Bertz CT molecular complexity index is 1020. The Balaban J connectivity index is 1.86. The fourth-order valence-electron chi connectivity index (χ4n) is 3.91. The molecular formula is C24H26N2O5. The smallest absolute Gasteiger partial charge is 0.282 e. The number of para-hydroxylation sites is 3. The molecule has 2 aromatic carbocycles. The Labute approximate surface area is 181 Å². The first-order valence-electron chi connectivity index (χ1n) is 10.4. The highest BCUT2D eigenvalue weighted by Crippen LogP contribution is 2.41. The molecule has 0 radical (unpaired) electrons. The topological polar surface area (TPSA) is 68.3 Å². The van der Waals surface area contributed by atoms with Crippen molar-refractivity contribution in [3.63, 3.8) is 0 Å². The molecule has 0 spiro atoms. The second-order valence-corrected chi connectivity index (χ2v) is 7.60. The number of ether oxygens (including phenoxy) is 3. The van der Waals surface area contributed by atoms with Crippen LogP contribution < -0.4 is 14.4 Å². The van der Waals surface area contributed by atoms with Crippen LogP contribution >= 0.6 is 0 Å². The molecule has 7 nitrogen and oxygen atoms in total. The third-order valence-electron chi connectivity index (χ3n) is 5.23. The average Bonchev–Trinajstić information content (AvgIpc) is 3.04. The van der Waals surface area contributed by atoms with Crippen molar-refractivity contribution in [3.05, 3.63) is 59.8 Å². The molecule has 31 heavy (non-hydrogen) atoms. The maximum Gasteiger partial charge on any atom is 0.282 e. The second-order valence-electron chi connectivity index (χ2n) is 7.60. The summed E-state index contributed by atoms with van der Waals surface area (Å²) in [6.45, 7) is 5.87. The summed E-state index contributed by atoms with van der Waals surface area (Å²) in [5, 5.41) is 0. The molecule has 4 rings (SSSR count). The van der Waals surface area contributed by atoms with Crippen LogP contribution in [0.15, 0.2) is 54.2 Å². The van der Waals surface area contributed by atoms with Gasteiger partial charge in [-0.1, -0.05) is 30.3 Å². The molecule has 0 saturated carbocycles. The summed E-state index contributed by atoms with van der Waals surface area (Å²) in [6, 6.07) is 14.4. The predicted molar refractivity (Wildman–Crippen MR) is 117 cm³/mol. The molecule has 0 aromatic heterocycles. The molecular weight excluding hydrogens is 396 g/mol. The summed E-state index contributed by atoms with van der Waals surface area (Å²) in [6.07, 6.45) is -0.102. The fraction of sp³-hybridized carbons (Fsp3) is 0.333. The number of methoxy groups -OCH3 is 1. The van der Waals surface area contributed by atoms with Crippen LogP contribution in [0.3, 0.4) is 0 Å². The van der Waals surface area contributed by atoms with Gasteiger partial charge in [-0.25, -0.2) is 4.90 Å². The van der Waals surface area contributed by atoms with E-state index in [1.54, 1.807) is 37.4 Å². The normalized spacial score (nSPS) is 17.0. The van der Waals surface area contributed by atoms with Gasteiger partial charge in [-0.3, -0.25) is 9.59 Å². The summed E-state index contributed by atoms with van der Waals surface area (Å²) < 4.78 is 16.9. The zero-order chi connectivity index (χ0) is 22.0. The number of carbonyl (C=O) groups excluding carboxylic acids is 2. The van der Waals surface area contributed by atoms with Crippen LogP contribution in [-0.2, 0) is 14.3 Å². The Morgan fingerprint density at radius 2 is 1.55 bits per heavy atom. The number of imide groups is 1. The minimum atomic E-state index is -0.393. The third-order valence-corrected chi connectivity index (χ3v) is 5.23. The van der Waals surface area contributed by atoms with Gasteiger partial charge in [0.1, 0.15) is 17.2 Å². The van der Waals surface area contributed by atoms with Gasteiger partial charge in [-0.05, 0) is 32.0 Å². The van der Waals surface area contributed by atoms with Crippen LogP contribution in [0.25, 0.3) is 5.57 Å². The van der Waals surface area contributed by atoms with Crippen molar-refractivity contribution >= 4 is 23.1 Å². The molecule has 2 heterocycles. The number of morpholine rings is 1. The third kappa shape index (κ3) is 3.88. The standard InChI is InChI=1S/C24H26N2O5/c1-16(2)31-20-11-7-5-9-18(20)26-23(27)21(17-8-4-6-10-19(17)29-3)22(24(26)28)25-12-14-30-15-13-25/h4-11,16H,12-15H2,1-3H3. The van der Waals surface area contributed by atoms with E-state index in [1.165, 1.54) is 4.90 Å². The number of benzene rings is 2.